The predicted octanol–water partition coefficient (Wildman–Crippen LogP) is 1.90. The van der Waals surface area contributed by atoms with Crippen LogP contribution in [0.3, 0.4) is 0 Å². The van der Waals surface area contributed by atoms with E-state index in [1.165, 1.54) is 19.1 Å². The summed E-state index contributed by atoms with van der Waals surface area (Å²) >= 11 is 3.06. The van der Waals surface area contributed by atoms with E-state index in [1.807, 2.05) is 0 Å². The van der Waals surface area contributed by atoms with Crippen molar-refractivity contribution in [3.63, 3.8) is 0 Å². The van der Waals surface area contributed by atoms with Gasteiger partial charge in [0.25, 0.3) is 0 Å². The van der Waals surface area contributed by atoms with Gasteiger partial charge in [0.1, 0.15) is 11.9 Å². The molecule has 0 aliphatic rings. The second-order valence-electron chi connectivity index (χ2n) is 4.05. The lowest BCUT2D eigenvalue weighted by Crippen LogP contribution is -2.44. The number of nitrogens with one attached hydrogen (secondary N) is 2. The molecule has 1 unspecified atom stereocenters. The molecule has 3 N–H and O–H groups in total. The zero-order valence-electron chi connectivity index (χ0n) is 10.5. The minimum Gasteiger partial charge on any atom is -0.480 e. The molecule has 0 radical (unpaired) electrons. The van der Waals surface area contributed by atoms with Gasteiger partial charge in [-0.2, -0.15) is 0 Å². The van der Waals surface area contributed by atoms with Gasteiger partial charge in [0.05, 0.1) is 4.47 Å². The van der Waals surface area contributed by atoms with Gasteiger partial charge in [-0.3, -0.25) is 4.79 Å². The summed E-state index contributed by atoms with van der Waals surface area (Å²) in [6.45, 7) is 2.95. The van der Waals surface area contributed by atoms with Gasteiger partial charge in [-0.15, -0.1) is 0 Å². The molecular weight excluding hydrogens is 319 g/mol. The van der Waals surface area contributed by atoms with Crippen LogP contribution in [0.4, 0.5) is 10.1 Å². The maximum absolute atomic E-state index is 13.2. The number of aliphatic carboxylic acids is 1. The van der Waals surface area contributed by atoms with Gasteiger partial charge >= 0.3 is 5.97 Å². The Kier molecular flexibility index (Phi) is 5.29. The zero-order valence-corrected chi connectivity index (χ0v) is 12.0. The fourth-order valence-corrected chi connectivity index (χ4v) is 1.84. The van der Waals surface area contributed by atoms with Crippen molar-refractivity contribution >= 4 is 33.5 Å². The SMILES string of the molecule is CC(=O)NC(CNc1cc(Br)c(F)cc1C)C(=O)O. The standard InChI is InChI=1S/C12H14BrFN2O3/c1-6-3-9(14)8(13)4-10(6)15-5-11(12(18)19)16-7(2)17/h3-4,11,15H,5H2,1-2H3,(H,16,17)(H,18,19). The van der Waals surface area contributed by atoms with Crippen molar-refractivity contribution in [2.75, 3.05) is 11.9 Å². The van der Waals surface area contributed by atoms with E-state index >= 15 is 0 Å². The number of hydrogen-bond acceptors (Lipinski definition) is 3. The topological polar surface area (TPSA) is 78.4 Å². The summed E-state index contributed by atoms with van der Waals surface area (Å²) in [5, 5.41) is 14.1. The lowest BCUT2D eigenvalue weighted by molar-refractivity contribution is -0.141. The van der Waals surface area contributed by atoms with Crippen molar-refractivity contribution in [1.82, 2.24) is 5.32 Å². The first-order valence-electron chi connectivity index (χ1n) is 5.50. The maximum atomic E-state index is 13.2. The van der Waals surface area contributed by atoms with E-state index in [4.69, 9.17) is 5.11 Å². The highest BCUT2D eigenvalue weighted by atomic mass is 79.9. The molecule has 0 heterocycles. The summed E-state index contributed by atoms with van der Waals surface area (Å²) in [7, 11) is 0. The molecular formula is C12H14BrFN2O3. The largest absolute Gasteiger partial charge is 0.480 e. The van der Waals surface area contributed by atoms with Crippen molar-refractivity contribution in [2.45, 2.75) is 19.9 Å². The predicted molar refractivity (Wildman–Crippen MR) is 72.6 cm³/mol. The van der Waals surface area contributed by atoms with Crippen LogP contribution in [0.5, 0.6) is 0 Å². The third kappa shape index (κ3) is 4.51. The van der Waals surface area contributed by atoms with Gasteiger partial charge < -0.3 is 15.7 Å². The molecule has 0 aliphatic carbocycles. The van der Waals surface area contributed by atoms with Gasteiger partial charge in [0, 0.05) is 19.2 Å². The van der Waals surface area contributed by atoms with Gasteiger partial charge in [-0.1, -0.05) is 0 Å². The van der Waals surface area contributed by atoms with Crippen LogP contribution in [0.25, 0.3) is 0 Å². The molecule has 0 aromatic heterocycles. The molecule has 5 nitrogen and oxygen atoms in total. The lowest BCUT2D eigenvalue weighted by atomic mass is 10.2. The average molecular weight is 333 g/mol. The summed E-state index contributed by atoms with van der Waals surface area (Å²) in [5.41, 5.74) is 1.25. The van der Waals surface area contributed by atoms with Crippen LogP contribution in [0.1, 0.15) is 12.5 Å². The van der Waals surface area contributed by atoms with Crippen LogP contribution in [0, 0.1) is 12.7 Å². The summed E-state index contributed by atoms with van der Waals surface area (Å²) < 4.78 is 13.5. The third-order valence-electron chi connectivity index (χ3n) is 2.44. The Morgan fingerprint density at radius 2 is 2.11 bits per heavy atom. The third-order valence-corrected chi connectivity index (χ3v) is 3.05. The molecule has 0 spiro atoms. The number of amides is 1. The summed E-state index contributed by atoms with van der Waals surface area (Å²) in [4.78, 5) is 21.8. The Bertz CT molecular complexity index is 508. The molecule has 0 fully saturated rings. The van der Waals surface area contributed by atoms with E-state index in [2.05, 4.69) is 26.6 Å². The van der Waals surface area contributed by atoms with E-state index in [9.17, 15) is 14.0 Å². The Balaban J connectivity index is 2.77. The number of aryl methyl sites for hydroxylation is 1. The summed E-state index contributed by atoms with van der Waals surface area (Å²) in [5.74, 6) is -1.95. The Labute approximate surface area is 118 Å². The number of halogens is 2. The summed E-state index contributed by atoms with van der Waals surface area (Å²) in [6, 6.07) is 1.82. The normalized spacial score (nSPS) is 11.8. The van der Waals surface area contributed by atoms with Crippen LogP contribution < -0.4 is 10.6 Å². The quantitative estimate of drug-likeness (QED) is 0.769. The summed E-state index contributed by atoms with van der Waals surface area (Å²) in [6.07, 6.45) is 0. The van der Waals surface area contributed by atoms with E-state index in [1.54, 1.807) is 6.92 Å². The van der Waals surface area contributed by atoms with Gasteiger partial charge in [-0.05, 0) is 40.5 Å². The molecule has 1 aromatic rings. The molecule has 1 amide bonds. The maximum Gasteiger partial charge on any atom is 0.328 e. The zero-order chi connectivity index (χ0) is 14.6. The fraction of sp³-hybridized carbons (Fsp3) is 0.333. The minimum absolute atomic E-state index is 0.00776. The second-order valence-corrected chi connectivity index (χ2v) is 4.91. The van der Waals surface area contributed by atoms with Crippen LogP contribution in [-0.2, 0) is 9.59 Å². The molecule has 104 valence electrons. The first-order chi connectivity index (χ1) is 8.81. The molecule has 0 bridgehead atoms. The molecule has 7 heteroatoms. The monoisotopic (exact) mass is 332 g/mol. The van der Waals surface area contributed by atoms with Crippen LogP contribution in [-0.4, -0.2) is 29.6 Å². The van der Waals surface area contributed by atoms with Crippen molar-refractivity contribution in [1.29, 1.82) is 0 Å². The fourth-order valence-electron chi connectivity index (χ4n) is 1.49. The first kappa shape index (κ1) is 15.4. The van der Waals surface area contributed by atoms with Crippen LogP contribution in [0.2, 0.25) is 0 Å². The van der Waals surface area contributed by atoms with Crippen molar-refractivity contribution in [2.24, 2.45) is 0 Å². The highest BCUT2D eigenvalue weighted by molar-refractivity contribution is 9.10. The minimum atomic E-state index is -1.14. The van der Waals surface area contributed by atoms with Crippen molar-refractivity contribution < 1.29 is 19.1 Å². The molecule has 0 saturated heterocycles. The second kappa shape index (κ2) is 6.51. The van der Waals surface area contributed by atoms with Gasteiger partial charge in [0.15, 0.2) is 0 Å². The number of rotatable bonds is 5. The number of anilines is 1. The van der Waals surface area contributed by atoms with Crippen molar-refractivity contribution in [3.8, 4) is 0 Å². The van der Waals surface area contributed by atoms with E-state index in [0.717, 1.165) is 0 Å². The lowest BCUT2D eigenvalue weighted by Gasteiger charge is -2.16. The van der Waals surface area contributed by atoms with E-state index in [0.29, 0.717) is 11.3 Å². The molecule has 19 heavy (non-hydrogen) atoms. The first-order valence-corrected chi connectivity index (χ1v) is 6.30. The number of carboxylic acid groups (broad SMARTS) is 1. The average Bonchev–Trinajstić information content (AvgIpc) is 2.29. The van der Waals surface area contributed by atoms with Crippen LogP contribution >= 0.6 is 15.9 Å². The smallest absolute Gasteiger partial charge is 0.328 e. The molecule has 1 atom stereocenters. The number of hydrogen-bond donors (Lipinski definition) is 3. The van der Waals surface area contributed by atoms with Crippen LogP contribution in [0.15, 0.2) is 16.6 Å². The van der Waals surface area contributed by atoms with Crippen molar-refractivity contribution in [3.05, 3.63) is 28.0 Å². The number of carboxylic acids is 1. The molecule has 0 saturated carbocycles. The van der Waals surface area contributed by atoms with Gasteiger partial charge in [-0.25, -0.2) is 9.18 Å². The molecule has 1 aromatic carbocycles. The molecule has 1 rings (SSSR count). The highest BCUT2D eigenvalue weighted by Crippen LogP contribution is 2.24. The highest BCUT2D eigenvalue weighted by Gasteiger charge is 2.18. The molecule has 0 aliphatic heterocycles. The number of carbonyl (C=O) groups excluding carboxylic acids is 1. The Hall–Kier alpha value is -1.63. The number of benzene rings is 1. The van der Waals surface area contributed by atoms with Gasteiger partial charge in [0.2, 0.25) is 5.91 Å². The number of carbonyl (C=O) groups is 2. The van der Waals surface area contributed by atoms with E-state index < -0.39 is 17.9 Å². The Morgan fingerprint density at radius 1 is 1.47 bits per heavy atom. The Morgan fingerprint density at radius 3 is 2.63 bits per heavy atom. The van der Waals surface area contributed by atoms with E-state index in [-0.39, 0.29) is 16.8 Å².